The van der Waals surface area contributed by atoms with Crippen molar-refractivity contribution in [2.24, 2.45) is 0 Å². The van der Waals surface area contributed by atoms with Gasteiger partial charge in [0.1, 0.15) is 0 Å². The third kappa shape index (κ3) is 5.76. The Hall–Kier alpha value is -2.48. The van der Waals surface area contributed by atoms with Crippen molar-refractivity contribution in [3.05, 3.63) is 69.2 Å². The molecule has 0 bridgehead atoms. The molecule has 1 N–H and O–H groups in total. The first-order valence-electron chi connectivity index (χ1n) is 9.24. The Morgan fingerprint density at radius 3 is 2.50 bits per heavy atom. The van der Waals surface area contributed by atoms with Crippen LogP contribution < -0.4 is 5.32 Å². The lowest BCUT2D eigenvalue weighted by Gasteiger charge is -2.21. The van der Waals surface area contributed by atoms with E-state index in [2.05, 4.69) is 27.2 Å². The lowest BCUT2D eigenvalue weighted by atomic mass is 10.2. The van der Waals surface area contributed by atoms with Crippen LogP contribution in [0.1, 0.15) is 12.0 Å². The van der Waals surface area contributed by atoms with E-state index in [1.165, 1.54) is 23.8 Å². The number of rotatable bonds is 6. The highest BCUT2D eigenvalue weighted by atomic mass is 35.5. The van der Waals surface area contributed by atoms with E-state index in [4.69, 9.17) is 11.6 Å². The van der Waals surface area contributed by atoms with Crippen molar-refractivity contribution in [1.29, 1.82) is 0 Å². The minimum Gasteiger partial charge on any atom is -0.324 e. The molecule has 0 aliphatic carbocycles. The third-order valence-electron chi connectivity index (χ3n) is 4.73. The van der Waals surface area contributed by atoms with Gasteiger partial charge in [0.15, 0.2) is 0 Å². The number of halogens is 1. The largest absolute Gasteiger partial charge is 0.324 e. The predicted octanol–water partition coefficient (Wildman–Crippen LogP) is 3.39. The summed E-state index contributed by atoms with van der Waals surface area (Å²) >= 11 is 6.04. The summed E-state index contributed by atoms with van der Waals surface area (Å²) in [6.07, 6.45) is 0.998. The molecule has 0 radical (unpaired) electrons. The van der Waals surface area contributed by atoms with Crippen molar-refractivity contribution in [3.63, 3.8) is 0 Å². The van der Waals surface area contributed by atoms with Gasteiger partial charge in [0.05, 0.1) is 22.2 Å². The lowest BCUT2D eigenvalue weighted by molar-refractivity contribution is -0.384. The number of nitrogens with one attached hydrogen (secondary N) is 1. The van der Waals surface area contributed by atoms with Crippen LogP contribution in [0.25, 0.3) is 0 Å². The van der Waals surface area contributed by atoms with Crippen LogP contribution in [0.5, 0.6) is 0 Å². The van der Waals surface area contributed by atoms with Gasteiger partial charge in [-0.15, -0.1) is 0 Å². The summed E-state index contributed by atoms with van der Waals surface area (Å²) in [6, 6.07) is 14.4. The molecule has 0 unspecified atom stereocenters. The lowest BCUT2D eigenvalue weighted by Crippen LogP contribution is -2.36. The van der Waals surface area contributed by atoms with Gasteiger partial charge in [0, 0.05) is 31.8 Å². The quantitative estimate of drug-likeness (QED) is 0.591. The number of carbonyl (C=O) groups excluding carboxylic acids is 1. The molecule has 0 aromatic heterocycles. The number of nitro benzene ring substituents is 1. The molecule has 7 nitrogen and oxygen atoms in total. The van der Waals surface area contributed by atoms with Gasteiger partial charge in [0.2, 0.25) is 5.91 Å². The zero-order valence-corrected chi connectivity index (χ0v) is 16.3. The molecule has 28 heavy (non-hydrogen) atoms. The van der Waals surface area contributed by atoms with Gasteiger partial charge in [0.25, 0.3) is 5.69 Å². The van der Waals surface area contributed by atoms with E-state index in [9.17, 15) is 14.9 Å². The molecular weight excluding hydrogens is 380 g/mol. The monoisotopic (exact) mass is 402 g/mol. The fourth-order valence-corrected chi connectivity index (χ4v) is 3.52. The van der Waals surface area contributed by atoms with E-state index in [1.54, 1.807) is 0 Å². The first-order chi connectivity index (χ1) is 13.5. The summed E-state index contributed by atoms with van der Waals surface area (Å²) in [4.78, 5) is 27.2. The van der Waals surface area contributed by atoms with Crippen molar-refractivity contribution in [2.75, 3.05) is 38.0 Å². The number of nitro groups is 1. The highest BCUT2D eigenvalue weighted by molar-refractivity contribution is 6.34. The van der Waals surface area contributed by atoms with E-state index in [1.807, 2.05) is 18.2 Å². The first kappa shape index (κ1) is 20.3. The molecule has 2 aromatic carbocycles. The molecule has 3 rings (SSSR count). The molecule has 1 heterocycles. The van der Waals surface area contributed by atoms with Crippen LogP contribution in [-0.2, 0) is 11.3 Å². The molecular formula is C20H23ClN4O3. The number of hydrogen-bond donors (Lipinski definition) is 1. The fraction of sp³-hybridized carbons (Fsp3) is 0.350. The average Bonchev–Trinajstić information content (AvgIpc) is 2.89. The maximum atomic E-state index is 12.4. The zero-order valence-electron chi connectivity index (χ0n) is 15.5. The van der Waals surface area contributed by atoms with Crippen LogP contribution in [-0.4, -0.2) is 53.4 Å². The molecule has 2 aromatic rings. The van der Waals surface area contributed by atoms with Gasteiger partial charge in [-0.1, -0.05) is 41.9 Å². The van der Waals surface area contributed by atoms with Crippen molar-refractivity contribution in [2.45, 2.75) is 13.0 Å². The van der Waals surface area contributed by atoms with Crippen LogP contribution in [0.2, 0.25) is 5.02 Å². The van der Waals surface area contributed by atoms with Crippen molar-refractivity contribution >= 4 is 28.9 Å². The normalized spacial score (nSPS) is 15.8. The van der Waals surface area contributed by atoms with E-state index >= 15 is 0 Å². The van der Waals surface area contributed by atoms with Gasteiger partial charge >= 0.3 is 0 Å². The maximum Gasteiger partial charge on any atom is 0.271 e. The van der Waals surface area contributed by atoms with Crippen molar-refractivity contribution in [3.8, 4) is 0 Å². The second-order valence-electron chi connectivity index (χ2n) is 6.86. The Balaban J connectivity index is 1.50. The molecule has 1 amide bonds. The van der Waals surface area contributed by atoms with Gasteiger partial charge < -0.3 is 5.32 Å². The van der Waals surface area contributed by atoms with Crippen LogP contribution in [0.4, 0.5) is 11.4 Å². The minimum atomic E-state index is -0.518. The van der Waals surface area contributed by atoms with E-state index in [-0.39, 0.29) is 23.2 Å². The second kappa shape index (κ2) is 9.64. The Labute approximate surface area is 169 Å². The highest BCUT2D eigenvalue weighted by Crippen LogP contribution is 2.26. The Morgan fingerprint density at radius 2 is 1.79 bits per heavy atom. The van der Waals surface area contributed by atoms with Gasteiger partial charge in [-0.3, -0.25) is 24.7 Å². The molecule has 1 aliphatic rings. The highest BCUT2D eigenvalue weighted by Gasteiger charge is 2.18. The summed E-state index contributed by atoms with van der Waals surface area (Å²) in [5.41, 5.74) is 1.58. The summed E-state index contributed by atoms with van der Waals surface area (Å²) < 4.78 is 0. The molecule has 0 atom stereocenters. The van der Waals surface area contributed by atoms with Crippen LogP contribution in [0.15, 0.2) is 48.5 Å². The molecule has 148 valence electrons. The number of carbonyl (C=O) groups is 1. The summed E-state index contributed by atoms with van der Waals surface area (Å²) in [7, 11) is 0. The summed E-state index contributed by atoms with van der Waals surface area (Å²) in [6.45, 7) is 4.76. The maximum absolute atomic E-state index is 12.4. The van der Waals surface area contributed by atoms with E-state index < -0.39 is 4.92 Å². The van der Waals surface area contributed by atoms with Crippen LogP contribution in [0.3, 0.4) is 0 Å². The van der Waals surface area contributed by atoms with Gasteiger partial charge in [-0.05, 0) is 31.1 Å². The number of amides is 1. The summed E-state index contributed by atoms with van der Waals surface area (Å²) in [5, 5.41) is 13.7. The number of nitrogens with zero attached hydrogens (tertiary/aromatic N) is 3. The summed E-state index contributed by atoms with van der Waals surface area (Å²) in [5.74, 6) is -0.174. The molecule has 8 heteroatoms. The third-order valence-corrected chi connectivity index (χ3v) is 5.05. The first-order valence-corrected chi connectivity index (χ1v) is 9.61. The molecule has 0 saturated carbocycles. The Bertz CT molecular complexity index is 831. The minimum absolute atomic E-state index is 0.103. The number of hydrogen-bond acceptors (Lipinski definition) is 5. The topological polar surface area (TPSA) is 78.7 Å². The molecule has 1 aliphatic heterocycles. The molecule has 1 fully saturated rings. The fourth-order valence-electron chi connectivity index (χ4n) is 3.29. The Kier molecular flexibility index (Phi) is 6.97. The number of benzene rings is 2. The zero-order chi connectivity index (χ0) is 19.9. The number of non-ortho nitro benzene ring substituents is 1. The average molecular weight is 403 g/mol. The Morgan fingerprint density at radius 1 is 1.07 bits per heavy atom. The van der Waals surface area contributed by atoms with Crippen molar-refractivity contribution < 1.29 is 9.72 Å². The smallest absolute Gasteiger partial charge is 0.271 e. The second-order valence-corrected chi connectivity index (χ2v) is 7.27. The standard InChI is InChI=1S/C20H23ClN4O3/c21-18-13-17(25(27)28)7-8-19(18)22-20(26)15-24-10-4-9-23(11-12-24)14-16-5-2-1-3-6-16/h1-3,5-8,13H,4,9-12,14-15H2,(H,22,26). The molecule has 1 saturated heterocycles. The van der Waals surface area contributed by atoms with Crippen LogP contribution in [0, 0.1) is 10.1 Å². The van der Waals surface area contributed by atoms with E-state index in [0.29, 0.717) is 5.69 Å². The SMILES string of the molecule is O=C(CN1CCCN(Cc2ccccc2)CC1)Nc1ccc([N+](=O)[O-])cc1Cl. The predicted molar refractivity (Wildman–Crippen MR) is 110 cm³/mol. The van der Waals surface area contributed by atoms with Crippen LogP contribution >= 0.6 is 11.6 Å². The van der Waals surface area contributed by atoms with Crippen molar-refractivity contribution in [1.82, 2.24) is 9.80 Å². The number of anilines is 1. The molecule has 0 spiro atoms. The van der Waals surface area contributed by atoms with Gasteiger partial charge in [-0.25, -0.2) is 0 Å². The van der Waals surface area contributed by atoms with Gasteiger partial charge in [-0.2, -0.15) is 0 Å². The van der Waals surface area contributed by atoms with E-state index in [0.717, 1.165) is 39.1 Å².